The van der Waals surface area contributed by atoms with Crippen molar-refractivity contribution in [3.8, 4) is 0 Å². The molecule has 4 atom stereocenters. The van der Waals surface area contributed by atoms with Gasteiger partial charge >= 0.3 is 0 Å². The van der Waals surface area contributed by atoms with Crippen LogP contribution >= 0.6 is 0 Å². The molecule has 0 aromatic rings. The van der Waals surface area contributed by atoms with Crippen LogP contribution in [0.2, 0.25) is 0 Å². The van der Waals surface area contributed by atoms with Gasteiger partial charge in [0.1, 0.15) is 12.2 Å². The molecule has 0 spiro atoms. The predicted octanol–water partition coefficient (Wildman–Crippen LogP) is 14.8. The van der Waals surface area contributed by atoms with E-state index in [1.54, 1.807) is 0 Å². The Morgan fingerprint density at radius 2 is 0.586 bits per heavy atom. The summed E-state index contributed by atoms with van der Waals surface area (Å²) in [5, 5.41) is 43.0. The molecular weight excluding hydrogens is 719 g/mol. The summed E-state index contributed by atoms with van der Waals surface area (Å²) in [6.07, 6.45) is 54.2. The van der Waals surface area contributed by atoms with Crippen molar-refractivity contribution in [2.75, 3.05) is 6.61 Å². The van der Waals surface area contributed by atoms with Crippen molar-refractivity contribution >= 4 is 5.91 Å². The van der Waals surface area contributed by atoms with Gasteiger partial charge in [0.05, 0.1) is 18.8 Å². The van der Waals surface area contributed by atoms with Crippen LogP contribution in [0.3, 0.4) is 0 Å². The van der Waals surface area contributed by atoms with Gasteiger partial charge in [0.2, 0.25) is 5.91 Å². The van der Waals surface area contributed by atoms with Crippen LogP contribution in [0.5, 0.6) is 0 Å². The summed E-state index contributed by atoms with van der Waals surface area (Å²) >= 11 is 0. The van der Waals surface area contributed by atoms with E-state index in [-0.39, 0.29) is 0 Å². The summed E-state index contributed by atoms with van der Waals surface area (Å²) in [5.41, 5.74) is 0. The van der Waals surface area contributed by atoms with Crippen LogP contribution in [0.1, 0.15) is 296 Å². The Labute approximate surface area is 362 Å². The summed E-state index contributed by atoms with van der Waals surface area (Å²) in [7, 11) is 0. The third-order valence-electron chi connectivity index (χ3n) is 12.8. The van der Waals surface area contributed by atoms with Crippen molar-refractivity contribution in [2.45, 2.75) is 321 Å². The van der Waals surface area contributed by atoms with Crippen LogP contribution in [-0.2, 0) is 4.79 Å². The zero-order chi connectivity index (χ0) is 42.4. The van der Waals surface area contributed by atoms with Crippen molar-refractivity contribution in [3.05, 3.63) is 0 Å². The number of aliphatic hydroxyl groups excluding tert-OH is 4. The highest BCUT2D eigenvalue weighted by atomic mass is 16.3. The molecule has 0 aliphatic carbocycles. The fourth-order valence-electron chi connectivity index (χ4n) is 8.64. The first-order valence-electron chi connectivity index (χ1n) is 26.4. The van der Waals surface area contributed by atoms with Gasteiger partial charge in [-0.25, -0.2) is 0 Å². The molecule has 0 aliphatic heterocycles. The maximum Gasteiger partial charge on any atom is 0.249 e. The second-order valence-electron chi connectivity index (χ2n) is 18.6. The molecule has 0 aliphatic rings. The maximum atomic E-state index is 12.4. The van der Waals surface area contributed by atoms with Gasteiger partial charge in [-0.15, -0.1) is 0 Å². The minimum atomic E-state index is -1.25. The zero-order valence-electron chi connectivity index (χ0n) is 39.3. The molecule has 5 N–H and O–H groups in total. The molecule has 0 aromatic carbocycles. The molecular formula is C52H105NO5. The van der Waals surface area contributed by atoms with Gasteiger partial charge in [0.25, 0.3) is 0 Å². The molecule has 0 bridgehead atoms. The molecule has 348 valence electrons. The van der Waals surface area contributed by atoms with Crippen molar-refractivity contribution in [2.24, 2.45) is 0 Å². The molecule has 0 radical (unpaired) electrons. The number of hydrogen-bond acceptors (Lipinski definition) is 5. The van der Waals surface area contributed by atoms with Gasteiger partial charge in [0, 0.05) is 0 Å². The second-order valence-corrected chi connectivity index (χ2v) is 18.6. The summed E-state index contributed by atoms with van der Waals surface area (Å²) in [5.74, 6) is -0.585. The SMILES string of the molecule is CCCCCCCCCCCCCCCCCCCCCCCCCCCCCCCCCCCCCCCCC(O)C(=O)NC(CO)C(O)C(O)CCCCCC. The Morgan fingerprint density at radius 3 is 0.845 bits per heavy atom. The molecule has 6 nitrogen and oxygen atoms in total. The molecule has 4 unspecified atom stereocenters. The first-order valence-corrected chi connectivity index (χ1v) is 26.4. The highest BCUT2D eigenvalue weighted by Gasteiger charge is 2.28. The Balaban J connectivity index is 3.34. The number of carbonyl (C=O) groups is 1. The van der Waals surface area contributed by atoms with E-state index in [9.17, 15) is 25.2 Å². The Hall–Kier alpha value is -0.690. The van der Waals surface area contributed by atoms with Gasteiger partial charge in [-0.05, 0) is 12.8 Å². The quantitative estimate of drug-likeness (QED) is 0.0393. The lowest BCUT2D eigenvalue weighted by molar-refractivity contribution is -0.132. The molecule has 6 heteroatoms. The summed E-state index contributed by atoms with van der Waals surface area (Å²) < 4.78 is 0. The van der Waals surface area contributed by atoms with Crippen LogP contribution in [0.15, 0.2) is 0 Å². The van der Waals surface area contributed by atoms with E-state index in [0.29, 0.717) is 12.8 Å². The second kappa shape index (κ2) is 47.4. The number of aliphatic hydroxyl groups is 4. The lowest BCUT2D eigenvalue weighted by Crippen LogP contribution is -2.53. The van der Waals surface area contributed by atoms with Crippen LogP contribution in [-0.4, -0.2) is 57.3 Å². The summed E-state index contributed by atoms with van der Waals surface area (Å²) in [6, 6.07) is -0.976. The Morgan fingerprint density at radius 1 is 0.362 bits per heavy atom. The molecule has 0 saturated carbocycles. The lowest BCUT2D eigenvalue weighted by atomic mass is 9.99. The number of rotatable bonds is 49. The number of carbonyl (C=O) groups excluding carboxylic acids is 1. The summed E-state index contributed by atoms with van der Waals surface area (Å²) in [6.45, 7) is 3.93. The molecule has 0 saturated heterocycles. The molecule has 58 heavy (non-hydrogen) atoms. The van der Waals surface area contributed by atoms with Crippen LogP contribution < -0.4 is 5.32 Å². The van der Waals surface area contributed by atoms with Gasteiger partial charge in [-0.1, -0.05) is 284 Å². The Kier molecular flexibility index (Phi) is 46.8. The first-order chi connectivity index (χ1) is 28.5. The van der Waals surface area contributed by atoms with Gasteiger partial charge in [0.15, 0.2) is 0 Å². The first kappa shape index (κ1) is 57.3. The summed E-state index contributed by atoms with van der Waals surface area (Å²) in [4.78, 5) is 12.4. The average Bonchev–Trinajstić information content (AvgIpc) is 3.23. The topological polar surface area (TPSA) is 110 Å². The third kappa shape index (κ3) is 40.7. The van der Waals surface area contributed by atoms with Crippen molar-refractivity contribution in [1.29, 1.82) is 0 Å². The number of amides is 1. The van der Waals surface area contributed by atoms with E-state index in [0.717, 1.165) is 44.9 Å². The minimum absolute atomic E-state index is 0.374. The lowest BCUT2D eigenvalue weighted by Gasteiger charge is -2.27. The highest BCUT2D eigenvalue weighted by molar-refractivity contribution is 5.80. The number of nitrogens with one attached hydrogen (secondary N) is 1. The van der Waals surface area contributed by atoms with Gasteiger partial charge in [-0.2, -0.15) is 0 Å². The molecule has 0 rings (SSSR count). The van der Waals surface area contributed by atoms with E-state index in [2.05, 4.69) is 19.2 Å². The normalized spacial score (nSPS) is 13.8. The Bertz CT molecular complexity index is 796. The average molecular weight is 824 g/mol. The van der Waals surface area contributed by atoms with Crippen molar-refractivity contribution < 1.29 is 25.2 Å². The van der Waals surface area contributed by atoms with E-state index < -0.39 is 36.9 Å². The third-order valence-corrected chi connectivity index (χ3v) is 12.8. The van der Waals surface area contributed by atoms with E-state index in [1.807, 2.05) is 0 Å². The molecule has 0 aromatic heterocycles. The van der Waals surface area contributed by atoms with E-state index in [1.165, 1.54) is 225 Å². The smallest absolute Gasteiger partial charge is 0.249 e. The maximum absolute atomic E-state index is 12.4. The van der Waals surface area contributed by atoms with E-state index >= 15 is 0 Å². The molecule has 0 heterocycles. The van der Waals surface area contributed by atoms with Crippen molar-refractivity contribution in [1.82, 2.24) is 5.32 Å². The highest BCUT2D eigenvalue weighted by Crippen LogP contribution is 2.18. The molecule has 1 amide bonds. The monoisotopic (exact) mass is 824 g/mol. The standard InChI is InChI=1S/C52H105NO5/c1-3-5-7-9-10-11-12-13-14-15-16-17-18-19-20-21-22-23-24-25-26-27-28-29-30-31-32-33-34-35-36-37-38-39-40-41-42-44-46-50(56)52(58)53-48(47-54)51(57)49(55)45-43-8-6-4-2/h48-51,54-57H,3-47H2,1-2H3,(H,53,58). The zero-order valence-corrected chi connectivity index (χ0v) is 39.3. The van der Waals surface area contributed by atoms with Crippen LogP contribution in [0.25, 0.3) is 0 Å². The van der Waals surface area contributed by atoms with Crippen molar-refractivity contribution in [3.63, 3.8) is 0 Å². The van der Waals surface area contributed by atoms with E-state index in [4.69, 9.17) is 0 Å². The minimum Gasteiger partial charge on any atom is -0.394 e. The predicted molar refractivity (Wildman–Crippen MR) is 252 cm³/mol. The van der Waals surface area contributed by atoms with Crippen LogP contribution in [0.4, 0.5) is 0 Å². The molecule has 0 fully saturated rings. The van der Waals surface area contributed by atoms with Gasteiger partial charge in [-0.3, -0.25) is 4.79 Å². The fraction of sp³-hybridized carbons (Fsp3) is 0.981. The fourth-order valence-corrected chi connectivity index (χ4v) is 8.64. The number of unbranched alkanes of at least 4 members (excludes halogenated alkanes) is 40. The van der Waals surface area contributed by atoms with Crippen LogP contribution in [0, 0.1) is 0 Å². The van der Waals surface area contributed by atoms with Gasteiger partial charge < -0.3 is 25.7 Å². The largest absolute Gasteiger partial charge is 0.394 e. The number of hydrogen-bond donors (Lipinski definition) is 5.